The van der Waals surface area contributed by atoms with Gasteiger partial charge in [0.15, 0.2) is 6.61 Å². The molecule has 0 saturated carbocycles. The normalized spacial score (nSPS) is 10.4. The summed E-state index contributed by atoms with van der Waals surface area (Å²) in [4.78, 5) is 35.0. The lowest BCUT2D eigenvalue weighted by Gasteiger charge is -2.07. The summed E-state index contributed by atoms with van der Waals surface area (Å²) < 4.78 is 4.79. The van der Waals surface area contributed by atoms with Gasteiger partial charge in [0.2, 0.25) is 5.91 Å². The van der Waals surface area contributed by atoms with Crippen molar-refractivity contribution in [3.05, 3.63) is 70.2 Å². The monoisotopic (exact) mass is 406 g/mol. The molecule has 0 spiro atoms. The van der Waals surface area contributed by atoms with Gasteiger partial charge in [-0.05, 0) is 29.8 Å². The molecule has 2 amide bonds. The van der Waals surface area contributed by atoms with E-state index in [0.29, 0.717) is 10.7 Å². The number of hydrogen-bond acceptors (Lipinski definition) is 4. The second-order valence-electron chi connectivity index (χ2n) is 5.30. The van der Waals surface area contributed by atoms with Crippen LogP contribution >= 0.6 is 23.2 Å². The first-order valence-corrected chi connectivity index (χ1v) is 8.61. The third-order valence-corrected chi connectivity index (χ3v) is 3.94. The third kappa shape index (κ3) is 7.52. The second-order valence-corrected chi connectivity index (χ2v) is 6.11. The molecule has 2 aromatic rings. The molecule has 0 unspecified atom stereocenters. The number of anilines is 1. The van der Waals surface area contributed by atoms with Gasteiger partial charge >= 0.3 is 5.97 Å². The first-order valence-electron chi connectivity index (χ1n) is 7.85. The Kier molecular flexibility index (Phi) is 7.85. The van der Waals surface area contributed by atoms with E-state index in [1.165, 1.54) is 18.2 Å². The van der Waals surface area contributed by atoms with Crippen molar-refractivity contribution in [2.24, 2.45) is 0 Å². The number of carbonyl (C=O) groups excluding carboxylic acids is 3. The Morgan fingerprint density at radius 1 is 1.00 bits per heavy atom. The fourth-order valence-electron chi connectivity index (χ4n) is 1.92. The summed E-state index contributed by atoms with van der Waals surface area (Å²) in [5, 5.41) is 5.54. The Hall–Kier alpha value is -2.83. The molecule has 0 aliphatic heterocycles. The molecule has 0 atom stereocenters. The van der Waals surface area contributed by atoms with Crippen LogP contribution in [-0.2, 0) is 19.1 Å². The van der Waals surface area contributed by atoms with Crippen molar-refractivity contribution < 1.29 is 19.1 Å². The predicted molar refractivity (Wildman–Crippen MR) is 105 cm³/mol. The van der Waals surface area contributed by atoms with Crippen LogP contribution in [0.5, 0.6) is 0 Å². The zero-order chi connectivity index (χ0) is 19.6. The highest BCUT2D eigenvalue weighted by molar-refractivity contribution is 6.42. The van der Waals surface area contributed by atoms with Gasteiger partial charge in [-0.1, -0.05) is 53.5 Å². The Labute approximate surface area is 166 Å². The van der Waals surface area contributed by atoms with Gasteiger partial charge in [0.05, 0.1) is 10.0 Å². The average Bonchev–Trinajstić information content (AvgIpc) is 2.67. The molecule has 0 fully saturated rings. The van der Waals surface area contributed by atoms with E-state index in [1.807, 2.05) is 30.3 Å². The van der Waals surface area contributed by atoms with Gasteiger partial charge in [0, 0.05) is 11.8 Å². The highest BCUT2D eigenvalue weighted by atomic mass is 35.5. The minimum Gasteiger partial charge on any atom is -0.454 e. The molecule has 0 aromatic heterocycles. The van der Waals surface area contributed by atoms with Gasteiger partial charge in [-0.3, -0.25) is 14.4 Å². The molecular weight excluding hydrogens is 391 g/mol. The van der Waals surface area contributed by atoms with E-state index in [1.54, 1.807) is 12.1 Å². The maximum Gasteiger partial charge on any atom is 0.325 e. The number of ether oxygens (including phenoxy) is 1. The molecule has 0 saturated heterocycles. The number of esters is 1. The number of hydrogen-bond donors (Lipinski definition) is 2. The molecule has 0 bridgehead atoms. The summed E-state index contributed by atoms with van der Waals surface area (Å²) in [6.45, 7) is -0.840. The molecule has 140 valence electrons. The molecule has 6 nitrogen and oxygen atoms in total. The topological polar surface area (TPSA) is 84.5 Å². The predicted octanol–water partition coefficient (Wildman–Crippen LogP) is 3.30. The van der Waals surface area contributed by atoms with Crippen LogP contribution in [0, 0.1) is 0 Å². The van der Waals surface area contributed by atoms with Crippen molar-refractivity contribution in [2.75, 3.05) is 18.5 Å². The summed E-state index contributed by atoms with van der Waals surface area (Å²) in [5.41, 5.74) is 1.28. The molecule has 0 aliphatic carbocycles. The standard InChI is InChI=1S/C19H16Cl2N2O4/c20-15-8-7-14(10-16(15)21)23-18(25)12-27-19(26)11-22-17(24)9-6-13-4-2-1-3-5-13/h1-10H,11-12H2,(H,22,24)(H,23,25)/b9-6+. The van der Waals surface area contributed by atoms with Gasteiger partial charge in [0.1, 0.15) is 6.54 Å². The van der Waals surface area contributed by atoms with Crippen LogP contribution in [0.2, 0.25) is 10.0 Å². The smallest absolute Gasteiger partial charge is 0.325 e. The number of halogens is 2. The van der Waals surface area contributed by atoms with Crippen LogP contribution in [0.25, 0.3) is 6.08 Å². The van der Waals surface area contributed by atoms with Gasteiger partial charge in [-0.15, -0.1) is 0 Å². The van der Waals surface area contributed by atoms with E-state index >= 15 is 0 Å². The molecule has 2 N–H and O–H groups in total. The minimum absolute atomic E-state index is 0.290. The summed E-state index contributed by atoms with van der Waals surface area (Å²) in [5.74, 6) is -1.73. The zero-order valence-corrected chi connectivity index (χ0v) is 15.6. The molecule has 8 heteroatoms. The van der Waals surface area contributed by atoms with Crippen molar-refractivity contribution in [3.63, 3.8) is 0 Å². The Morgan fingerprint density at radius 3 is 2.44 bits per heavy atom. The van der Waals surface area contributed by atoms with Crippen LogP contribution in [0.15, 0.2) is 54.6 Å². The van der Waals surface area contributed by atoms with Crippen molar-refractivity contribution >= 4 is 52.7 Å². The number of rotatable bonds is 7. The average molecular weight is 407 g/mol. The van der Waals surface area contributed by atoms with Crippen molar-refractivity contribution in [3.8, 4) is 0 Å². The molecule has 2 aromatic carbocycles. The van der Waals surface area contributed by atoms with Gasteiger partial charge in [-0.25, -0.2) is 0 Å². The van der Waals surface area contributed by atoms with Crippen LogP contribution in [0.4, 0.5) is 5.69 Å². The fraction of sp³-hybridized carbons (Fsp3) is 0.105. The summed E-state index contributed by atoms with van der Waals surface area (Å²) >= 11 is 11.6. The Balaban J connectivity index is 1.69. The van der Waals surface area contributed by atoms with Crippen molar-refractivity contribution in [2.45, 2.75) is 0 Å². The maximum atomic E-state index is 11.7. The lowest BCUT2D eigenvalue weighted by molar-refractivity contribution is -0.146. The quantitative estimate of drug-likeness (QED) is 0.545. The number of benzene rings is 2. The zero-order valence-electron chi connectivity index (χ0n) is 14.1. The van der Waals surface area contributed by atoms with E-state index in [-0.39, 0.29) is 11.6 Å². The van der Waals surface area contributed by atoms with E-state index in [4.69, 9.17) is 27.9 Å². The summed E-state index contributed by atoms with van der Waals surface area (Å²) in [6.07, 6.45) is 2.92. The highest BCUT2D eigenvalue weighted by Crippen LogP contribution is 2.24. The molecular formula is C19H16Cl2N2O4. The number of amides is 2. The lowest BCUT2D eigenvalue weighted by Crippen LogP contribution is -2.31. The van der Waals surface area contributed by atoms with Gasteiger partial charge in [-0.2, -0.15) is 0 Å². The fourth-order valence-corrected chi connectivity index (χ4v) is 2.22. The molecule has 0 aliphatic rings. The molecule has 27 heavy (non-hydrogen) atoms. The highest BCUT2D eigenvalue weighted by Gasteiger charge is 2.09. The SMILES string of the molecule is O=C(/C=C/c1ccccc1)NCC(=O)OCC(=O)Nc1ccc(Cl)c(Cl)c1. The summed E-state index contributed by atoms with van der Waals surface area (Å²) in [6, 6.07) is 13.8. The summed E-state index contributed by atoms with van der Waals surface area (Å²) in [7, 11) is 0. The maximum absolute atomic E-state index is 11.7. The third-order valence-electron chi connectivity index (χ3n) is 3.20. The van der Waals surface area contributed by atoms with E-state index < -0.39 is 24.4 Å². The number of carbonyl (C=O) groups is 3. The van der Waals surface area contributed by atoms with Crippen molar-refractivity contribution in [1.29, 1.82) is 0 Å². The van der Waals surface area contributed by atoms with Crippen LogP contribution in [0.1, 0.15) is 5.56 Å². The molecule has 0 radical (unpaired) electrons. The van der Waals surface area contributed by atoms with E-state index in [0.717, 1.165) is 5.56 Å². The first-order chi connectivity index (χ1) is 12.9. The van der Waals surface area contributed by atoms with Crippen molar-refractivity contribution in [1.82, 2.24) is 5.32 Å². The lowest BCUT2D eigenvalue weighted by atomic mass is 10.2. The molecule has 2 rings (SSSR count). The Bertz CT molecular complexity index is 854. The Morgan fingerprint density at radius 2 is 1.74 bits per heavy atom. The minimum atomic E-state index is -0.735. The van der Waals surface area contributed by atoms with Gasteiger partial charge in [0.25, 0.3) is 5.91 Å². The second kappa shape index (κ2) is 10.4. The largest absolute Gasteiger partial charge is 0.454 e. The van der Waals surface area contributed by atoms with E-state index in [2.05, 4.69) is 10.6 Å². The van der Waals surface area contributed by atoms with Crippen LogP contribution in [-0.4, -0.2) is 30.9 Å². The van der Waals surface area contributed by atoms with E-state index in [9.17, 15) is 14.4 Å². The molecule has 0 heterocycles. The van der Waals surface area contributed by atoms with Gasteiger partial charge < -0.3 is 15.4 Å². The number of nitrogens with one attached hydrogen (secondary N) is 2. The van der Waals surface area contributed by atoms with Crippen LogP contribution < -0.4 is 10.6 Å². The van der Waals surface area contributed by atoms with Crippen LogP contribution in [0.3, 0.4) is 0 Å². The first kappa shape index (κ1) is 20.5.